The number of nitrogens with one attached hydrogen (secondary N) is 1. The van der Waals surface area contributed by atoms with E-state index in [0.717, 1.165) is 5.52 Å². The lowest BCUT2D eigenvalue weighted by atomic mass is 10.2. The van der Waals surface area contributed by atoms with E-state index in [-0.39, 0.29) is 0 Å². The molecule has 7 heteroatoms. The van der Waals surface area contributed by atoms with Gasteiger partial charge >= 0.3 is 6.00 Å². The highest BCUT2D eigenvalue weighted by molar-refractivity contribution is 8.09. The lowest BCUT2D eigenvalue weighted by molar-refractivity contribution is 0.595. The molecule has 0 aliphatic rings. The minimum Gasteiger partial charge on any atom is -0.436 e. The molecule has 1 N–H and O–H groups in total. The number of nitrogens with zero attached hydrogens (tertiary/aromatic N) is 1. The molecule has 0 saturated carbocycles. The fourth-order valence-electron chi connectivity index (χ4n) is 1.89. The second-order valence-corrected chi connectivity index (χ2v) is 8.63. The topological polar surface area (TPSA) is 55.1 Å². The molecular formula is C13H9Cl2N2O2P. The summed E-state index contributed by atoms with van der Waals surface area (Å²) in [6.07, 6.45) is 0. The van der Waals surface area contributed by atoms with Crippen molar-refractivity contribution in [1.82, 2.24) is 4.98 Å². The van der Waals surface area contributed by atoms with E-state index in [2.05, 4.69) is 10.1 Å². The van der Waals surface area contributed by atoms with Crippen LogP contribution in [0, 0.1) is 0 Å². The molecule has 0 fully saturated rings. The Bertz CT molecular complexity index is 780. The summed E-state index contributed by atoms with van der Waals surface area (Å²) in [5, 5.41) is 2.58. The van der Waals surface area contributed by atoms with E-state index >= 15 is 0 Å². The number of halogens is 2. The summed E-state index contributed by atoms with van der Waals surface area (Å²) in [6.45, 7) is 0. The Morgan fingerprint density at radius 3 is 2.50 bits per heavy atom. The zero-order chi connectivity index (χ0) is 14.2. The lowest BCUT2D eigenvalue weighted by Crippen LogP contribution is -1.90. The van der Waals surface area contributed by atoms with Crippen molar-refractivity contribution in [2.75, 3.05) is 5.09 Å². The Kier molecular flexibility index (Phi) is 3.47. The van der Waals surface area contributed by atoms with E-state index in [4.69, 9.17) is 26.9 Å². The average Bonchev–Trinajstić information content (AvgIpc) is 2.81. The number of hydrogen-bond donors (Lipinski definition) is 1. The van der Waals surface area contributed by atoms with Crippen molar-refractivity contribution in [1.29, 1.82) is 0 Å². The molecule has 0 aliphatic carbocycles. The smallest absolute Gasteiger partial charge is 0.343 e. The van der Waals surface area contributed by atoms with Crippen molar-refractivity contribution in [2.24, 2.45) is 0 Å². The van der Waals surface area contributed by atoms with Crippen LogP contribution < -0.4 is 5.09 Å². The van der Waals surface area contributed by atoms with E-state index in [9.17, 15) is 4.57 Å². The molecular weight excluding hydrogens is 318 g/mol. The van der Waals surface area contributed by atoms with Gasteiger partial charge in [0.15, 0.2) is 5.58 Å². The quantitative estimate of drug-likeness (QED) is 0.646. The number of oxazole rings is 1. The summed E-state index contributed by atoms with van der Waals surface area (Å²) >= 11 is 11.1. The average molecular weight is 327 g/mol. The number of rotatable bonds is 3. The molecule has 0 spiro atoms. The Balaban J connectivity index is 2.11. The molecule has 1 heterocycles. The third-order valence-corrected chi connectivity index (χ3v) is 3.71. The molecule has 0 saturated heterocycles. The summed E-state index contributed by atoms with van der Waals surface area (Å²) in [5.74, 6) is -3.03. The van der Waals surface area contributed by atoms with Gasteiger partial charge in [-0.25, -0.2) is 4.98 Å². The summed E-state index contributed by atoms with van der Waals surface area (Å²) < 4.78 is 17.2. The molecule has 0 radical (unpaired) electrons. The maximum Gasteiger partial charge on any atom is 0.343 e. The number of hydrogen-bond acceptors (Lipinski definition) is 3. The molecule has 4 nitrogen and oxygen atoms in total. The van der Waals surface area contributed by atoms with Crippen LogP contribution in [0.5, 0.6) is 0 Å². The molecule has 1 aromatic heterocycles. The molecule has 0 atom stereocenters. The van der Waals surface area contributed by atoms with Crippen LogP contribution in [0.15, 0.2) is 52.9 Å². The van der Waals surface area contributed by atoms with Crippen molar-refractivity contribution in [3.05, 3.63) is 48.5 Å². The van der Waals surface area contributed by atoms with Gasteiger partial charge in [-0.3, -0.25) is 4.57 Å². The lowest BCUT2D eigenvalue weighted by Gasteiger charge is -2.09. The number of fused-ring (bicyclic) bond motifs is 1. The van der Waals surface area contributed by atoms with Gasteiger partial charge in [0.1, 0.15) is 5.52 Å². The van der Waals surface area contributed by atoms with Crippen LogP contribution >= 0.6 is 28.5 Å². The van der Waals surface area contributed by atoms with Crippen molar-refractivity contribution < 1.29 is 8.98 Å². The van der Waals surface area contributed by atoms with Crippen LogP contribution in [0.1, 0.15) is 0 Å². The zero-order valence-electron chi connectivity index (χ0n) is 10.1. The normalized spacial score (nSPS) is 11.7. The Hall–Kier alpha value is -1.48. The van der Waals surface area contributed by atoms with Gasteiger partial charge in [0.05, 0.1) is 11.3 Å². The van der Waals surface area contributed by atoms with Crippen molar-refractivity contribution >= 4 is 45.3 Å². The standard InChI is InChI=1S/C13H9Cl2N2O2P/c14-20(15,18)17-10-6-2-1-5-9(10)13-16-11-7-3-4-8-12(11)19-13/h1-8H,(H,17,18). The van der Waals surface area contributed by atoms with E-state index in [1.165, 1.54) is 0 Å². The predicted molar refractivity (Wildman–Crippen MR) is 82.4 cm³/mol. The summed E-state index contributed by atoms with van der Waals surface area (Å²) in [7, 11) is 0. The molecule has 2 aromatic carbocycles. The van der Waals surface area contributed by atoms with Crippen LogP contribution in [0.25, 0.3) is 22.6 Å². The highest BCUT2D eigenvalue weighted by atomic mass is 35.9. The highest BCUT2D eigenvalue weighted by Crippen LogP contribution is 2.56. The number of anilines is 1. The second-order valence-electron chi connectivity index (χ2n) is 4.11. The van der Waals surface area contributed by atoms with E-state index in [0.29, 0.717) is 22.7 Å². The van der Waals surface area contributed by atoms with Crippen LogP contribution in [-0.4, -0.2) is 4.98 Å². The molecule has 20 heavy (non-hydrogen) atoms. The second kappa shape index (κ2) is 5.13. The Labute approximate surface area is 124 Å². The number of aromatic nitrogens is 1. The van der Waals surface area contributed by atoms with Gasteiger partial charge in [0.25, 0.3) is 0 Å². The summed E-state index contributed by atoms with van der Waals surface area (Å²) in [6, 6.07) is 14.5. The van der Waals surface area contributed by atoms with Gasteiger partial charge < -0.3 is 9.50 Å². The first-order valence-electron chi connectivity index (χ1n) is 5.75. The van der Waals surface area contributed by atoms with Gasteiger partial charge in [0, 0.05) is 0 Å². The number of benzene rings is 2. The molecule has 0 unspecified atom stereocenters. The maximum atomic E-state index is 11.5. The molecule has 3 aromatic rings. The summed E-state index contributed by atoms with van der Waals surface area (Å²) in [4.78, 5) is 4.39. The van der Waals surface area contributed by atoms with Gasteiger partial charge in [0.2, 0.25) is 5.89 Å². The monoisotopic (exact) mass is 326 g/mol. The first kappa shape index (κ1) is 13.5. The first-order chi connectivity index (χ1) is 9.53. The largest absolute Gasteiger partial charge is 0.436 e. The minimum absolute atomic E-state index is 0.413. The van der Waals surface area contributed by atoms with Crippen LogP contribution in [0.4, 0.5) is 5.69 Å². The fraction of sp³-hybridized carbons (Fsp3) is 0. The Morgan fingerprint density at radius 1 is 1.05 bits per heavy atom. The van der Waals surface area contributed by atoms with Crippen molar-refractivity contribution in [3.8, 4) is 11.5 Å². The molecule has 0 bridgehead atoms. The van der Waals surface area contributed by atoms with Crippen LogP contribution in [-0.2, 0) is 4.57 Å². The van der Waals surface area contributed by atoms with E-state index in [1.807, 2.05) is 30.3 Å². The SMILES string of the molecule is O=P(Cl)(Cl)Nc1ccccc1-c1nc2ccccc2o1. The van der Waals surface area contributed by atoms with Crippen molar-refractivity contribution in [2.45, 2.75) is 0 Å². The first-order valence-corrected chi connectivity index (χ1v) is 9.27. The number of para-hydroxylation sites is 3. The Morgan fingerprint density at radius 2 is 1.75 bits per heavy atom. The third-order valence-electron chi connectivity index (χ3n) is 2.70. The zero-order valence-corrected chi connectivity index (χ0v) is 12.5. The minimum atomic E-state index is -3.44. The van der Waals surface area contributed by atoms with Gasteiger partial charge in [-0.15, -0.1) is 0 Å². The highest BCUT2D eigenvalue weighted by Gasteiger charge is 2.18. The van der Waals surface area contributed by atoms with Gasteiger partial charge in [-0.2, -0.15) is 0 Å². The van der Waals surface area contributed by atoms with Gasteiger partial charge in [-0.05, 0) is 46.7 Å². The van der Waals surface area contributed by atoms with Gasteiger partial charge in [-0.1, -0.05) is 24.3 Å². The van der Waals surface area contributed by atoms with E-state index < -0.39 is 6.00 Å². The third kappa shape index (κ3) is 2.83. The summed E-state index contributed by atoms with van der Waals surface area (Å²) in [5.41, 5.74) is 2.58. The van der Waals surface area contributed by atoms with Crippen LogP contribution in [0.2, 0.25) is 0 Å². The fourth-order valence-corrected chi connectivity index (χ4v) is 2.92. The molecule has 102 valence electrons. The molecule has 0 amide bonds. The van der Waals surface area contributed by atoms with Crippen LogP contribution in [0.3, 0.4) is 0 Å². The molecule has 3 rings (SSSR count). The maximum absolute atomic E-state index is 11.5. The predicted octanol–water partition coefficient (Wildman–Crippen LogP) is 5.49. The van der Waals surface area contributed by atoms with E-state index in [1.54, 1.807) is 18.2 Å². The van der Waals surface area contributed by atoms with Crippen molar-refractivity contribution in [3.63, 3.8) is 0 Å². The molecule has 0 aliphatic heterocycles.